The second-order valence-electron chi connectivity index (χ2n) is 25.4. The second kappa shape index (κ2) is 21.0. The van der Waals surface area contributed by atoms with Crippen molar-refractivity contribution in [3.05, 3.63) is 328 Å². The SMILES string of the molecule is c1ccc(-c2cc(-c3ccccc3)cc(-c3nc(-c4cc(-c5ccccc5)cc(-c5ccccc5)c4)nc(-c4cc5c6c(c4)N(c4ccccc4)c4cc7ccc8cccc9ccc(c4B6c4c(cc6ccc%10cccc%11ccc4c6c%10%11)N5c4ccccc4)c7c89)n3)c2)cc1. The van der Waals surface area contributed by atoms with Crippen LogP contribution in [0.1, 0.15) is 0 Å². The van der Waals surface area contributed by atoms with Crippen LogP contribution in [-0.2, 0) is 0 Å². The molecule has 2 aliphatic heterocycles. The van der Waals surface area contributed by atoms with Crippen molar-refractivity contribution in [2.24, 2.45) is 0 Å². The summed E-state index contributed by atoms with van der Waals surface area (Å²) >= 11 is 0. The van der Waals surface area contributed by atoms with Gasteiger partial charge in [-0.25, -0.2) is 15.0 Å². The number of para-hydroxylation sites is 2. The first-order chi connectivity index (χ1) is 47.1. The predicted molar refractivity (Wildman–Crippen MR) is 399 cm³/mol. The molecule has 0 saturated carbocycles. The molecule has 0 atom stereocenters. The van der Waals surface area contributed by atoms with Gasteiger partial charge in [0.25, 0.3) is 6.71 Å². The number of benzene rings is 17. The Balaban J connectivity index is 0.923. The molecule has 0 bridgehead atoms. The monoisotopic (exact) mass is 1200 g/mol. The van der Waals surface area contributed by atoms with Crippen molar-refractivity contribution in [3.8, 4) is 78.7 Å². The van der Waals surface area contributed by atoms with Gasteiger partial charge in [-0.05, 0) is 210 Å². The van der Waals surface area contributed by atoms with E-state index in [-0.39, 0.29) is 6.71 Å². The van der Waals surface area contributed by atoms with Gasteiger partial charge in [0, 0.05) is 50.8 Å². The largest absolute Gasteiger partial charge is 0.311 e. The van der Waals surface area contributed by atoms with Crippen LogP contribution >= 0.6 is 0 Å². The Hall–Kier alpha value is -12.5. The normalized spacial score (nSPS) is 12.6. The highest BCUT2D eigenvalue weighted by Gasteiger charge is 2.46. The molecule has 0 spiro atoms. The summed E-state index contributed by atoms with van der Waals surface area (Å²) in [5, 5.41) is 15.1. The molecular formula is C89H54BN5. The Morgan fingerprint density at radius 3 is 0.832 bits per heavy atom. The molecule has 20 rings (SSSR count). The minimum Gasteiger partial charge on any atom is -0.311 e. The summed E-state index contributed by atoms with van der Waals surface area (Å²) in [5.74, 6) is 1.69. The second-order valence-corrected chi connectivity index (χ2v) is 25.4. The highest BCUT2D eigenvalue weighted by Crippen LogP contribution is 2.51. The Morgan fingerprint density at radius 1 is 0.200 bits per heavy atom. The van der Waals surface area contributed by atoms with Gasteiger partial charge < -0.3 is 9.80 Å². The van der Waals surface area contributed by atoms with Crippen molar-refractivity contribution in [2.75, 3.05) is 9.80 Å². The molecule has 18 aromatic rings. The maximum absolute atomic E-state index is 5.81. The molecule has 0 aliphatic carbocycles. The first kappa shape index (κ1) is 53.2. The van der Waals surface area contributed by atoms with Gasteiger partial charge in [-0.15, -0.1) is 0 Å². The summed E-state index contributed by atoms with van der Waals surface area (Å²) in [5.41, 5.74) is 21.6. The lowest BCUT2D eigenvalue weighted by molar-refractivity contribution is 1.07. The molecule has 6 heteroatoms. The molecule has 0 radical (unpaired) electrons. The summed E-state index contributed by atoms with van der Waals surface area (Å²) in [4.78, 5) is 22.4. The van der Waals surface area contributed by atoms with Crippen LogP contribution in [0.25, 0.3) is 143 Å². The Morgan fingerprint density at radius 2 is 0.484 bits per heavy atom. The zero-order chi connectivity index (χ0) is 62.2. The molecule has 2 aliphatic rings. The molecule has 0 amide bonds. The number of aromatic nitrogens is 3. The van der Waals surface area contributed by atoms with Crippen molar-refractivity contribution in [1.29, 1.82) is 0 Å². The van der Waals surface area contributed by atoms with E-state index >= 15 is 0 Å². The molecule has 0 unspecified atom stereocenters. The third kappa shape index (κ3) is 8.41. The molecule has 0 N–H and O–H groups in total. The zero-order valence-corrected chi connectivity index (χ0v) is 51.5. The van der Waals surface area contributed by atoms with Crippen molar-refractivity contribution in [1.82, 2.24) is 15.0 Å². The number of hydrogen-bond acceptors (Lipinski definition) is 5. The van der Waals surface area contributed by atoms with Crippen molar-refractivity contribution in [3.63, 3.8) is 0 Å². The Bertz CT molecular complexity index is 5570. The Labute approximate surface area is 549 Å². The van der Waals surface area contributed by atoms with E-state index < -0.39 is 0 Å². The lowest BCUT2D eigenvalue weighted by atomic mass is 9.32. The first-order valence-corrected chi connectivity index (χ1v) is 32.7. The van der Waals surface area contributed by atoms with Gasteiger partial charge in [-0.1, -0.05) is 243 Å². The van der Waals surface area contributed by atoms with E-state index in [2.05, 4.69) is 337 Å². The van der Waals surface area contributed by atoms with Crippen molar-refractivity contribution >= 4 is 122 Å². The van der Waals surface area contributed by atoms with E-state index in [9.17, 15) is 0 Å². The molecule has 3 heterocycles. The van der Waals surface area contributed by atoms with Crippen LogP contribution in [0.2, 0.25) is 0 Å². The average molecular weight is 1200 g/mol. The van der Waals surface area contributed by atoms with Crippen LogP contribution in [-0.4, -0.2) is 21.7 Å². The van der Waals surface area contributed by atoms with Gasteiger partial charge in [-0.3, -0.25) is 0 Å². The zero-order valence-electron chi connectivity index (χ0n) is 51.5. The maximum Gasteiger partial charge on any atom is 0.253 e. The molecule has 95 heavy (non-hydrogen) atoms. The average Bonchev–Trinajstić information content (AvgIpc) is 0.677. The summed E-state index contributed by atoms with van der Waals surface area (Å²) in [6, 6.07) is 120. The van der Waals surface area contributed by atoms with Crippen LogP contribution in [0.5, 0.6) is 0 Å². The van der Waals surface area contributed by atoms with Gasteiger partial charge in [0.2, 0.25) is 0 Å². The minimum absolute atomic E-state index is 0.230. The number of fused-ring (bicyclic) bond motifs is 6. The fourth-order valence-electron chi connectivity index (χ4n) is 15.9. The summed E-state index contributed by atoms with van der Waals surface area (Å²) in [6.07, 6.45) is 0. The highest BCUT2D eigenvalue weighted by atomic mass is 15.2. The van der Waals surface area contributed by atoms with Crippen LogP contribution in [0.4, 0.5) is 34.1 Å². The van der Waals surface area contributed by atoms with E-state index in [4.69, 9.17) is 15.0 Å². The predicted octanol–water partition coefficient (Wildman–Crippen LogP) is 21.4. The number of nitrogens with zero attached hydrogens (tertiary/aromatic N) is 5. The molecule has 5 nitrogen and oxygen atoms in total. The van der Waals surface area contributed by atoms with Crippen LogP contribution < -0.4 is 26.2 Å². The molecule has 1 aromatic heterocycles. The molecule has 0 fully saturated rings. The van der Waals surface area contributed by atoms with E-state index in [0.29, 0.717) is 17.5 Å². The molecule has 438 valence electrons. The van der Waals surface area contributed by atoms with Crippen LogP contribution in [0, 0.1) is 0 Å². The third-order valence-corrected chi connectivity index (χ3v) is 20.0. The fraction of sp³-hybridized carbons (Fsp3) is 0. The molecular weight excluding hydrogens is 1150 g/mol. The number of anilines is 6. The number of hydrogen-bond donors (Lipinski definition) is 0. The minimum atomic E-state index is -0.230. The topological polar surface area (TPSA) is 45.2 Å². The lowest BCUT2D eigenvalue weighted by Crippen LogP contribution is -2.61. The van der Waals surface area contributed by atoms with Crippen LogP contribution in [0.15, 0.2) is 328 Å². The van der Waals surface area contributed by atoms with Gasteiger partial charge in [0.1, 0.15) is 0 Å². The lowest BCUT2D eigenvalue weighted by Gasteiger charge is -2.45. The van der Waals surface area contributed by atoms with Gasteiger partial charge in [0.05, 0.1) is 0 Å². The summed E-state index contributed by atoms with van der Waals surface area (Å²) in [7, 11) is 0. The van der Waals surface area contributed by atoms with E-state index in [1.165, 1.54) is 81.0 Å². The molecule has 17 aromatic carbocycles. The summed E-state index contributed by atoms with van der Waals surface area (Å²) in [6.45, 7) is -0.230. The van der Waals surface area contributed by atoms with E-state index in [0.717, 1.165) is 95.3 Å². The molecule has 0 saturated heterocycles. The highest BCUT2D eigenvalue weighted by molar-refractivity contribution is 7.03. The van der Waals surface area contributed by atoms with Gasteiger partial charge >= 0.3 is 0 Å². The van der Waals surface area contributed by atoms with Gasteiger partial charge in [-0.2, -0.15) is 0 Å². The van der Waals surface area contributed by atoms with Gasteiger partial charge in [0.15, 0.2) is 17.5 Å². The maximum atomic E-state index is 5.81. The van der Waals surface area contributed by atoms with E-state index in [1.54, 1.807) is 0 Å². The smallest absolute Gasteiger partial charge is 0.253 e. The van der Waals surface area contributed by atoms with Crippen LogP contribution in [0.3, 0.4) is 0 Å². The Kier molecular flexibility index (Phi) is 11.8. The fourth-order valence-corrected chi connectivity index (χ4v) is 15.9. The first-order valence-electron chi connectivity index (χ1n) is 32.7. The van der Waals surface area contributed by atoms with Crippen molar-refractivity contribution < 1.29 is 0 Å². The van der Waals surface area contributed by atoms with E-state index in [1.807, 2.05) is 0 Å². The third-order valence-electron chi connectivity index (χ3n) is 20.0. The quantitative estimate of drug-likeness (QED) is 0.106. The van der Waals surface area contributed by atoms with Crippen molar-refractivity contribution in [2.45, 2.75) is 0 Å². The summed E-state index contributed by atoms with van der Waals surface area (Å²) < 4.78 is 0. The standard InChI is InChI=1S/C89H54BN5/c1-7-21-55(22-8-1)65-45-66(56-23-9-2-10-24-56)48-69(47-65)87-91-88(70-49-67(57-25-11-3-12-26-57)46-68(50-70)58-27-13-4-14-28-58)93-89(92-87)71-53-78-86-79(54-71)95(73-35-17-6-18-36-73)77-52-64-40-38-60-30-20-32-62-42-44-75(83(64)81(60)62)85(77)90(86)84-74-43-41-61-31-19-29-59-37-39-63(82(74)80(59)61)51-76(84)94(78)72-33-15-5-16-34-72/h1-54H. The number of rotatable bonds is 9.